The molecule has 3 aromatic rings. The van der Waals surface area contributed by atoms with Crippen LogP contribution in [0.25, 0.3) is 0 Å². The molecule has 2 amide bonds. The lowest BCUT2D eigenvalue weighted by molar-refractivity contribution is -0.384. The maximum Gasteiger partial charge on any atom is 0.338 e. The number of non-ortho nitro benzene ring substituents is 1. The van der Waals surface area contributed by atoms with E-state index in [4.69, 9.17) is 4.74 Å². The Morgan fingerprint density at radius 1 is 0.857 bits per heavy atom. The van der Waals surface area contributed by atoms with Crippen LogP contribution in [-0.2, 0) is 4.74 Å². The minimum Gasteiger partial charge on any atom is -0.454 e. The van der Waals surface area contributed by atoms with E-state index >= 15 is 0 Å². The molecule has 10 heteroatoms. The number of amides is 2. The van der Waals surface area contributed by atoms with Crippen molar-refractivity contribution >= 4 is 40.7 Å². The predicted molar refractivity (Wildman–Crippen MR) is 122 cm³/mol. The van der Waals surface area contributed by atoms with Crippen molar-refractivity contribution in [2.24, 2.45) is 0 Å². The SMILES string of the molecule is CC(=O)c1cccc(N2C(=O)c3ccc(C(=O)OCC(=O)c4cccc([N+](=O)[O-])c4)cc3C2=O)c1. The van der Waals surface area contributed by atoms with E-state index in [9.17, 15) is 34.1 Å². The Balaban J connectivity index is 1.51. The molecule has 0 saturated carbocycles. The number of carbonyl (C=O) groups excluding carboxylic acids is 5. The van der Waals surface area contributed by atoms with E-state index in [0.29, 0.717) is 5.56 Å². The average molecular weight is 472 g/mol. The van der Waals surface area contributed by atoms with Crippen molar-refractivity contribution in [2.45, 2.75) is 6.92 Å². The Kier molecular flexibility index (Phi) is 6.03. The third-order valence-electron chi connectivity index (χ3n) is 5.35. The number of ether oxygens (including phenoxy) is 1. The fourth-order valence-electron chi connectivity index (χ4n) is 3.56. The molecule has 0 aliphatic carbocycles. The number of fused-ring (bicyclic) bond motifs is 1. The molecule has 0 atom stereocenters. The van der Waals surface area contributed by atoms with E-state index in [0.717, 1.165) is 11.0 Å². The number of imide groups is 1. The van der Waals surface area contributed by atoms with Crippen LogP contribution in [0.3, 0.4) is 0 Å². The zero-order valence-corrected chi connectivity index (χ0v) is 18.2. The number of rotatable bonds is 7. The molecule has 4 rings (SSSR count). The molecule has 0 radical (unpaired) electrons. The van der Waals surface area contributed by atoms with Crippen LogP contribution in [0.1, 0.15) is 58.7 Å². The molecule has 1 heterocycles. The van der Waals surface area contributed by atoms with Gasteiger partial charge < -0.3 is 4.74 Å². The third-order valence-corrected chi connectivity index (χ3v) is 5.35. The van der Waals surface area contributed by atoms with E-state index in [2.05, 4.69) is 0 Å². The fourth-order valence-corrected chi connectivity index (χ4v) is 3.56. The van der Waals surface area contributed by atoms with Gasteiger partial charge in [-0.2, -0.15) is 0 Å². The first kappa shape index (κ1) is 23.2. The van der Waals surface area contributed by atoms with Gasteiger partial charge in [-0.05, 0) is 37.3 Å². The molecular weight excluding hydrogens is 456 g/mol. The van der Waals surface area contributed by atoms with Gasteiger partial charge in [-0.25, -0.2) is 9.69 Å². The summed E-state index contributed by atoms with van der Waals surface area (Å²) in [6, 6.07) is 14.9. The fraction of sp³-hybridized carbons (Fsp3) is 0.0800. The number of anilines is 1. The van der Waals surface area contributed by atoms with Crippen molar-refractivity contribution < 1.29 is 33.6 Å². The number of hydrogen-bond acceptors (Lipinski definition) is 8. The number of carbonyl (C=O) groups is 5. The highest BCUT2D eigenvalue weighted by atomic mass is 16.6. The Morgan fingerprint density at radius 3 is 2.26 bits per heavy atom. The molecular formula is C25H16N2O8. The standard InChI is InChI=1S/C25H16N2O8/c1-14(28)15-4-2-6-18(10-15)26-23(30)20-9-8-17(12-21(20)24(26)31)25(32)35-13-22(29)16-5-3-7-19(11-16)27(33)34/h2-12H,13H2,1H3. The number of hydrogen-bond donors (Lipinski definition) is 0. The van der Waals surface area contributed by atoms with Crippen LogP contribution in [0.5, 0.6) is 0 Å². The van der Waals surface area contributed by atoms with Crippen LogP contribution in [0.15, 0.2) is 66.7 Å². The Labute approximate surface area is 197 Å². The number of ketones is 2. The first-order valence-electron chi connectivity index (χ1n) is 10.3. The second kappa shape index (κ2) is 9.10. The van der Waals surface area contributed by atoms with Gasteiger partial charge in [0.15, 0.2) is 12.4 Å². The molecule has 1 aliphatic heterocycles. The minimum absolute atomic E-state index is 0.00478. The van der Waals surface area contributed by atoms with Gasteiger partial charge in [-0.3, -0.25) is 29.3 Å². The lowest BCUT2D eigenvalue weighted by Gasteiger charge is -2.14. The lowest BCUT2D eigenvalue weighted by Crippen LogP contribution is -2.29. The molecule has 0 bridgehead atoms. The van der Waals surface area contributed by atoms with E-state index in [-0.39, 0.29) is 39.4 Å². The second-order valence-corrected chi connectivity index (χ2v) is 7.62. The molecule has 0 spiro atoms. The van der Waals surface area contributed by atoms with Gasteiger partial charge in [-0.15, -0.1) is 0 Å². The first-order valence-corrected chi connectivity index (χ1v) is 10.3. The first-order chi connectivity index (χ1) is 16.7. The maximum atomic E-state index is 13.0. The molecule has 0 N–H and O–H groups in total. The predicted octanol–water partition coefficient (Wildman–Crippen LogP) is 3.64. The number of benzene rings is 3. The second-order valence-electron chi connectivity index (χ2n) is 7.62. The summed E-state index contributed by atoms with van der Waals surface area (Å²) in [5.41, 5.74) is 0.270. The van der Waals surface area contributed by atoms with Gasteiger partial charge in [0.05, 0.1) is 27.3 Å². The van der Waals surface area contributed by atoms with Crippen molar-refractivity contribution in [3.63, 3.8) is 0 Å². The van der Waals surface area contributed by atoms with Crippen LogP contribution in [0.2, 0.25) is 0 Å². The summed E-state index contributed by atoms with van der Waals surface area (Å²) in [7, 11) is 0. The Bertz CT molecular complexity index is 1440. The van der Waals surface area contributed by atoms with Gasteiger partial charge in [-0.1, -0.05) is 24.3 Å². The zero-order chi connectivity index (χ0) is 25.3. The summed E-state index contributed by atoms with van der Waals surface area (Å²) in [6.45, 7) is 0.692. The number of Topliss-reactive ketones (excluding diaryl/α,β-unsaturated/α-hetero) is 2. The van der Waals surface area contributed by atoms with Crippen molar-refractivity contribution in [3.8, 4) is 0 Å². The monoisotopic (exact) mass is 472 g/mol. The van der Waals surface area contributed by atoms with Crippen LogP contribution in [0.4, 0.5) is 11.4 Å². The highest BCUT2D eigenvalue weighted by molar-refractivity contribution is 6.34. The van der Waals surface area contributed by atoms with E-state index in [1.165, 1.54) is 55.5 Å². The molecule has 3 aromatic carbocycles. The molecule has 0 aromatic heterocycles. The van der Waals surface area contributed by atoms with Crippen molar-refractivity contribution in [1.29, 1.82) is 0 Å². The van der Waals surface area contributed by atoms with Gasteiger partial charge >= 0.3 is 5.97 Å². The topological polar surface area (TPSA) is 141 Å². The van der Waals surface area contributed by atoms with Gasteiger partial charge in [0.2, 0.25) is 5.78 Å². The summed E-state index contributed by atoms with van der Waals surface area (Å²) in [5.74, 6) is -3.07. The number of nitro benzene ring substituents is 1. The highest BCUT2D eigenvalue weighted by Gasteiger charge is 2.37. The number of esters is 1. The summed E-state index contributed by atoms with van der Waals surface area (Å²) in [4.78, 5) is 73.4. The van der Waals surface area contributed by atoms with E-state index < -0.39 is 35.1 Å². The van der Waals surface area contributed by atoms with Crippen LogP contribution >= 0.6 is 0 Å². The number of nitrogens with zero attached hydrogens (tertiary/aromatic N) is 2. The molecule has 10 nitrogen and oxygen atoms in total. The van der Waals surface area contributed by atoms with Crippen LogP contribution in [-0.4, -0.2) is 40.9 Å². The van der Waals surface area contributed by atoms with Crippen molar-refractivity contribution in [1.82, 2.24) is 0 Å². The van der Waals surface area contributed by atoms with Gasteiger partial charge in [0, 0.05) is 23.3 Å². The van der Waals surface area contributed by atoms with Crippen molar-refractivity contribution in [2.75, 3.05) is 11.5 Å². The maximum absolute atomic E-state index is 13.0. The average Bonchev–Trinajstić information content (AvgIpc) is 3.11. The lowest BCUT2D eigenvalue weighted by atomic mass is 10.1. The zero-order valence-electron chi connectivity index (χ0n) is 18.2. The largest absolute Gasteiger partial charge is 0.454 e. The van der Waals surface area contributed by atoms with Crippen LogP contribution in [0, 0.1) is 10.1 Å². The molecule has 0 saturated heterocycles. The summed E-state index contributed by atoms with van der Waals surface area (Å²) in [5, 5.41) is 10.9. The van der Waals surface area contributed by atoms with E-state index in [1.807, 2.05) is 0 Å². The summed E-state index contributed by atoms with van der Waals surface area (Å²) < 4.78 is 5.01. The molecule has 174 valence electrons. The molecule has 0 fully saturated rings. The van der Waals surface area contributed by atoms with E-state index in [1.54, 1.807) is 12.1 Å². The minimum atomic E-state index is -0.913. The highest BCUT2D eigenvalue weighted by Crippen LogP contribution is 2.30. The third kappa shape index (κ3) is 4.44. The normalized spacial score (nSPS) is 12.3. The van der Waals surface area contributed by atoms with Crippen LogP contribution < -0.4 is 4.90 Å². The number of nitro groups is 1. The molecule has 1 aliphatic rings. The van der Waals surface area contributed by atoms with Gasteiger partial charge in [0.25, 0.3) is 17.5 Å². The molecule has 35 heavy (non-hydrogen) atoms. The summed E-state index contributed by atoms with van der Waals surface area (Å²) >= 11 is 0. The Hall–Kier alpha value is -4.99. The van der Waals surface area contributed by atoms with Crippen molar-refractivity contribution in [3.05, 3.63) is 105 Å². The van der Waals surface area contributed by atoms with Gasteiger partial charge in [0.1, 0.15) is 0 Å². The smallest absolute Gasteiger partial charge is 0.338 e. The quantitative estimate of drug-likeness (QED) is 0.167. The molecule has 0 unspecified atom stereocenters. The summed E-state index contributed by atoms with van der Waals surface area (Å²) in [6.07, 6.45) is 0. The Morgan fingerprint density at radius 2 is 1.54 bits per heavy atom.